The molecule has 3 rings (SSSR count). The molecule has 1 amide bonds. The Morgan fingerprint density at radius 2 is 1.79 bits per heavy atom. The highest BCUT2D eigenvalue weighted by Crippen LogP contribution is 2.34. The number of benzene rings is 1. The van der Waals surface area contributed by atoms with E-state index in [1.165, 1.54) is 18.4 Å². The van der Waals surface area contributed by atoms with E-state index in [9.17, 15) is 14.4 Å². The third kappa shape index (κ3) is 4.34. The first-order valence-electron chi connectivity index (χ1n) is 8.89. The molecule has 1 aromatic heterocycles. The van der Waals surface area contributed by atoms with E-state index in [0.717, 1.165) is 10.4 Å². The molecular weight excluding hydrogens is 398 g/mol. The lowest BCUT2D eigenvalue weighted by Gasteiger charge is -2.30. The van der Waals surface area contributed by atoms with E-state index >= 15 is 0 Å². The van der Waals surface area contributed by atoms with Crippen LogP contribution in [0.3, 0.4) is 0 Å². The van der Waals surface area contributed by atoms with Crippen molar-refractivity contribution in [1.82, 2.24) is 0 Å². The number of carbonyl (C=O) groups is 3. The predicted octanol–water partition coefficient (Wildman–Crippen LogP) is 2.86. The van der Waals surface area contributed by atoms with Gasteiger partial charge in [-0.3, -0.25) is 4.79 Å². The second-order valence-corrected chi connectivity index (χ2v) is 7.67. The largest absolute Gasteiger partial charge is 0.482 e. The van der Waals surface area contributed by atoms with Gasteiger partial charge in [0.05, 0.1) is 12.7 Å². The number of ether oxygens (including phenoxy) is 4. The van der Waals surface area contributed by atoms with Crippen molar-refractivity contribution < 1.29 is 33.3 Å². The third-order valence-electron chi connectivity index (χ3n) is 4.45. The number of esters is 2. The number of aryl methyl sites for hydroxylation is 1. The molecule has 1 aliphatic heterocycles. The number of rotatable bonds is 5. The zero-order valence-corrected chi connectivity index (χ0v) is 17.3. The van der Waals surface area contributed by atoms with E-state index in [1.54, 1.807) is 38.1 Å². The Morgan fingerprint density at radius 1 is 1.14 bits per heavy atom. The van der Waals surface area contributed by atoms with Crippen molar-refractivity contribution in [1.29, 1.82) is 0 Å². The van der Waals surface area contributed by atoms with E-state index in [2.05, 4.69) is 5.32 Å². The molecule has 154 valence electrons. The van der Waals surface area contributed by atoms with E-state index in [0.29, 0.717) is 22.1 Å². The number of thiophene rings is 1. The minimum atomic E-state index is -0.991. The van der Waals surface area contributed by atoms with Crippen molar-refractivity contribution in [2.45, 2.75) is 33.0 Å². The molecule has 2 heterocycles. The first kappa shape index (κ1) is 20.7. The number of hydrogen-bond acceptors (Lipinski definition) is 8. The molecule has 0 fully saturated rings. The average Bonchev–Trinajstić information content (AvgIpc) is 2.98. The van der Waals surface area contributed by atoms with Crippen LogP contribution < -0.4 is 14.8 Å². The van der Waals surface area contributed by atoms with Crippen molar-refractivity contribution in [3.63, 3.8) is 0 Å². The second kappa shape index (κ2) is 8.52. The predicted molar refractivity (Wildman–Crippen MR) is 106 cm³/mol. The second-order valence-electron chi connectivity index (χ2n) is 6.44. The summed E-state index contributed by atoms with van der Waals surface area (Å²) in [4.78, 5) is 37.5. The fourth-order valence-electron chi connectivity index (χ4n) is 2.82. The van der Waals surface area contributed by atoms with E-state index < -0.39 is 36.7 Å². The van der Waals surface area contributed by atoms with Crippen LogP contribution in [0.5, 0.6) is 11.5 Å². The normalized spacial score (nSPS) is 17.4. The topological polar surface area (TPSA) is 100 Å². The molecule has 0 aliphatic carbocycles. The number of anilines is 1. The molecule has 2 unspecified atom stereocenters. The molecule has 8 nitrogen and oxygen atoms in total. The Bertz CT molecular complexity index is 952. The Balaban J connectivity index is 1.61. The van der Waals surface area contributed by atoms with Gasteiger partial charge in [-0.15, -0.1) is 11.3 Å². The zero-order valence-electron chi connectivity index (χ0n) is 16.4. The molecule has 0 saturated heterocycles. The number of amides is 1. The minimum absolute atomic E-state index is 0.295. The van der Waals surface area contributed by atoms with Crippen LogP contribution in [0.25, 0.3) is 0 Å². The summed E-state index contributed by atoms with van der Waals surface area (Å²) in [7, 11) is 1.27. The summed E-state index contributed by atoms with van der Waals surface area (Å²) < 4.78 is 21.2. The van der Waals surface area contributed by atoms with Crippen molar-refractivity contribution >= 4 is 34.2 Å². The molecular formula is C20H21NO7S. The molecule has 2 aromatic rings. The van der Waals surface area contributed by atoms with Crippen LogP contribution in [0, 0.1) is 13.8 Å². The summed E-state index contributed by atoms with van der Waals surface area (Å²) >= 11 is 1.25. The van der Waals surface area contributed by atoms with E-state index in [-0.39, 0.29) is 0 Å². The maximum absolute atomic E-state index is 12.4. The van der Waals surface area contributed by atoms with Gasteiger partial charge in [0.25, 0.3) is 5.91 Å². The van der Waals surface area contributed by atoms with Gasteiger partial charge in [-0.1, -0.05) is 12.1 Å². The quantitative estimate of drug-likeness (QED) is 0.744. The first-order chi connectivity index (χ1) is 13.8. The number of methoxy groups -OCH3 is 1. The van der Waals surface area contributed by atoms with Crippen LogP contribution in [0.15, 0.2) is 24.3 Å². The molecule has 0 radical (unpaired) electrons. The van der Waals surface area contributed by atoms with E-state index in [4.69, 9.17) is 18.9 Å². The van der Waals surface area contributed by atoms with Crippen molar-refractivity contribution in [2.24, 2.45) is 0 Å². The highest BCUT2D eigenvalue weighted by atomic mass is 32.1. The molecule has 0 spiro atoms. The van der Waals surface area contributed by atoms with Gasteiger partial charge in [0.1, 0.15) is 11.1 Å². The minimum Gasteiger partial charge on any atom is -0.482 e. The van der Waals surface area contributed by atoms with Crippen LogP contribution >= 0.6 is 11.3 Å². The van der Waals surface area contributed by atoms with E-state index in [1.807, 2.05) is 6.92 Å². The van der Waals surface area contributed by atoms with Gasteiger partial charge in [-0.25, -0.2) is 9.59 Å². The number of fused-ring (bicyclic) bond motifs is 1. The van der Waals surface area contributed by atoms with Gasteiger partial charge in [-0.2, -0.15) is 0 Å². The summed E-state index contributed by atoms with van der Waals surface area (Å²) in [6, 6.07) is 6.99. The van der Waals surface area contributed by atoms with Gasteiger partial charge >= 0.3 is 11.9 Å². The summed E-state index contributed by atoms with van der Waals surface area (Å²) in [5.74, 6) is -0.854. The molecule has 1 N–H and O–H groups in total. The molecule has 2 atom stereocenters. The summed E-state index contributed by atoms with van der Waals surface area (Å²) in [6.45, 7) is 4.76. The van der Waals surface area contributed by atoms with Gasteiger partial charge in [-0.05, 0) is 38.5 Å². The number of para-hydroxylation sites is 2. The van der Waals surface area contributed by atoms with Crippen LogP contribution in [0.4, 0.5) is 5.00 Å². The molecule has 9 heteroatoms. The van der Waals surface area contributed by atoms with Crippen LogP contribution in [-0.4, -0.2) is 43.8 Å². The summed E-state index contributed by atoms with van der Waals surface area (Å²) in [5, 5.41) is 2.96. The Labute approximate surface area is 171 Å². The fourth-order valence-corrected chi connectivity index (χ4v) is 3.89. The average molecular weight is 419 g/mol. The third-order valence-corrected chi connectivity index (χ3v) is 5.57. The van der Waals surface area contributed by atoms with Crippen LogP contribution in [0.1, 0.15) is 27.7 Å². The lowest BCUT2D eigenvalue weighted by molar-refractivity contribution is -0.159. The molecule has 29 heavy (non-hydrogen) atoms. The molecule has 0 saturated carbocycles. The van der Waals surface area contributed by atoms with Crippen molar-refractivity contribution in [3.05, 3.63) is 40.3 Å². The monoisotopic (exact) mass is 419 g/mol. The Hall–Kier alpha value is -3.07. The highest BCUT2D eigenvalue weighted by Gasteiger charge is 2.35. The number of nitrogens with one attached hydrogen (secondary N) is 1. The standard InChI is InChI=1S/C20H21NO7S/c1-10-12(3)29-18(16(10)19(23)25-4)21-15(22)9-26-20(24)17-11(2)27-13-7-5-6-8-14(13)28-17/h5-8,11,17H,9H2,1-4H3,(H,21,22). The van der Waals surface area contributed by atoms with Crippen LogP contribution in [0.2, 0.25) is 0 Å². The molecule has 1 aromatic carbocycles. The van der Waals surface area contributed by atoms with Gasteiger partial charge in [0.15, 0.2) is 18.1 Å². The lowest BCUT2D eigenvalue weighted by atomic mass is 10.1. The van der Waals surface area contributed by atoms with Crippen molar-refractivity contribution in [2.75, 3.05) is 19.0 Å². The SMILES string of the molecule is COC(=O)c1c(NC(=O)COC(=O)C2Oc3ccccc3OC2C)sc(C)c1C. The van der Waals surface area contributed by atoms with Gasteiger partial charge in [0.2, 0.25) is 6.10 Å². The zero-order chi connectivity index (χ0) is 21.1. The molecule has 1 aliphatic rings. The maximum Gasteiger partial charge on any atom is 0.351 e. The summed E-state index contributed by atoms with van der Waals surface area (Å²) in [6.07, 6.45) is -1.57. The van der Waals surface area contributed by atoms with Gasteiger partial charge < -0.3 is 24.3 Å². The lowest BCUT2D eigenvalue weighted by Crippen LogP contribution is -2.45. The smallest absolute Gasteiger partial charge is 0.351 e. The number of carbonyl (C=O) groups excluding carboxylic acids is 3. The summed E-state index contributed by atoms with van der Waals surface area (Å²) in [5.41, 5.74) is 1.03. The van der Waals surface area contributed by atoms with Crippen LogP contribution in [-0.2, 0) is 19.1 Å². The van der Waals surface area contributed by atoms with Gasteiger partial charge in [0, 0.05) is 4.88 Å². The highest BCUT2D eigenvalue weighted by molar-refractivity contribution is 7.16. The van der Waals surface area contributed by atoms with Crippen molar-refractivity contribution in [3.8, 4) is 11.5 Å². The number of hydrogen-bond donors (Lipinski definition) is 1. The Kier molecular flexibility index (Phi) is 6.07. The Morgan fingerprint density at radius 3 is 2.45 bits per heavy atom. The fraction of sp³-hybridized carbons (Fsp3) is 0.350. The molecule has 0 bridgehead atoms. The maximum atomic E-state index is 12.4. The first-order valence-corrected chi connectivity index (χ1v) is 9.70.